The van der Waals surface area contributed by atoms with E-state index in [1.807, 2.05) is 6.07 Å². The zero-order chi connectivity index (χ0) is 11.5. The SMILES string of the molecule is COc1ccc(O)c([C@H](N)C2CCCC2)c1.Cl. The maximum atomic E-state index is 9.83. The van der Waals surface area contributed by atoms with Crippen LogP contribution in [-0.2, 0) is 0 Å². The Balaban J connectivity index is 0.00000144. The molecular formula is C13H20ClNO2. The molecule has 0 aliphatic heterocycles. The predicted molar refractivity (Wildman–Crippen MR) is 70.8 cm³/mol. The molecule has 3 N–H and O–H groups in total. The van der Waals surface area contributed by atoms with Crippen LogP contribution in [0, 0.1) is 5.92 Å². The summed E-state index contributed by atoms with van der Waals surface area (Å²) in [6.45, 7) is 0. The molecule has 3 nitrogen and oxygen atoms in total. The topological polar surface area (TPSA) is 55.5 Å². The second-order valence-corrected chi connectivity index (χ2v) is 4.50. The summed E-state index contributed by atoms with van der Waals surface area (Å²) < 4.78 is 5.16. The van der Waals surface area contributed by atoms with Crippen LogP contribution in [0.3, 0.4) is 0 Å². The first-order valence-electron chi connectivity index (χ1n) is 5.85. The van der Waals surface area contributed by atoms with Crippen molar-refractivity contribution in [2.45, 2.75) is 31.7 Å². The van der Waals surface area contributed by atoms with Crippen molar-refractivity contribution in [3.8, 4) is 11.5 Å². The summed E-state index contributed by atoms with van der Waals surface area (Å²) in [7, 11) is 1.62. The van der Waals surface area contributed by atoms with E-state index in [1.165, 1.54) is 12.8 Å². The number of nitrogens with two attached hydrogens (primary N) is 1. The summed E-state index contributed by atoms with van der Waals surface area (Å²) >= 11 is 0. The number of methoxy groups -OCH3 is 1. The van der Waals surface area contributed by atoms with Gasteiger partial charge in [0.25, 0.3) is 0 Å². The number of benzene rings is 1. The highest BCUT2D eigenvalue weighted by atomic mass is 35.5. The van der Waals surface area contributed by atoms with Crippen molar-refractivity contribution in [3.05, 3.63) is 23.8 Å². The second-order valence-electron chi connectivity index (χ2n) is 4.50. The highest BCUT2D eigenvalue weighted by molar-refractivity contribution is 5.85. The van der Waals surface area contributed by atoms with Crippen molar-refractivity contribution in [1.29, 1.82) is 0 Å². The van der Waals surface area contributed by atoms with Gasteiger partial charge >= 0.3 is 0 Å². The molecule has 1 saturated carbocycles. The Morgan fingerprint density at radius 2 is 2.00 bits per heavy atom. The molecule has 2 rings (SSSR count). The van der Waals surface area contributed by atoms with Gasteiger partial charge in [-0.15, -0.1) is 12.4 Å². The fourth-order valence-corrected chi connectivity index (χ4v) is 2.50. The third-order valence-electron chi connectivity index (χ3n) is 3.50. The van der Waals surface area contributed by atoms with Gasteiger partial charge in [0.1, 0.15) is 11.5 Å². The van der Waals surface area contributed by atoms with Crippen molar-refractivity contribution in [1.82, 2.24) is 0 Å². The fourth-order valence-electron chi connectivity index (χ4n) is 2.50. The maximum absolute atomic E-state index is 9.83. The van der Waals surface area contributed by atoms with E-state index in [-0.39, 0.29) is 24.2 Å². The van der Waals surface area contributed by atoms with Crippen LogP contribution in [0.5, 0.6) is 11.5 Å². The standard InChI is InChI=1S/C13H19NO2.ClH/c1-16-10-6-7-12(15)11(8-10)13(14)9-4-2-3-5-9;/h6-9,13,15H,2-5,14H2,1H3;1H/t13-;/m1./s1. The van der Waals surface area contributed by atoms with Gasteiger partial charge in [-0.3, -0.25) is 0 Å². The fraction of sp³-hybridized carbons (Fsp3) is 0.538. The minimum absolute atomic E-state index is 0. The van der Waals surface area contributed by atoms with E-state index >= 15 is 0 Å². The van der Waals surface area contributed by atoms with Crippen LogP contribution in [-0.4, -0.2) is 12.2 Å². The van der Waals surface area contributed by atoms with Crippen LogP contribution in [0.15, 0.2) is 18.2 Å². The van der Waals surface area contributed by atoms with Crippen LogP contribution in [0.25, 0.3) is 0 Å². The molecule has 0 radical (unpaired) electrons. The first-order chi connectivity index (χ1) is 7.72. The molecule has 1 fully saturated rings. The average Bonchev–Trinajstić information content (AvgIpc) is 2.82. The van der Waals surface area contributed by atoms with Gasteiger partial charge in [0.2, 0.25) is 0 Å². The highest BCUT2D eigenvalue weighted by Gasteiger charge is 2.25. The summed E-state index contributed by atoms with van der Waals surface area (Å²) in [4.78, 5) is 0. The van der Waals surface area contributed by atoms with Crippen molar-refractivity contribution in [2.75, 3.05) is 7.11 Å². The summed E-state index contributed by atoms with van der Waals surface area (Å²) in [5.74, 6) is 1.53. The summed E-state index contributed by atoms with van der Waals surface area (Å²) in [6, 6.07) is 5.18. The van der Waals surface area contributed by atoms with Gasteiger partial charge in [-0.05, 0) is 37.0 Å². The Hall–Kier alpha value is -0.930. The van der Waals surface area contributed by atoms with E-state index in [9.17, 15) is 5.11 Å². The number of halogens is 1. The maximum Gasteiger partial charge on any atom is 0.120 e. The highest BCUT2D eigenvalue weighted by Crippen LogP contribution is 2.38. The molecule has 0 saturated heterocycles. The molecule has 0 unspecified atom stereocenters. The Labute approximate surface area is 108 Å². The van der Waals surface area contributed by atoms with Crippen molar-refractivity contribution >= 4 is 12.4 Å². The number of hydrogen-bond acceptors (Lipinski definition) is 3. The minimum Gasteiger partial charge on any atom is -0.508 e. The largest absolute Gasteiger partial charge is 0.508 e. The van der Waals surface area contributed by atoms with Crippen molar-refractivity contribution < 1.29 is 9.84 Å². The molecule has 0 heterocycles. The first-order valence-corrected chi connectivity index (χ1v) is 5.85. The third kappa shape index (κ3) is 3.05. The Bertz CT molecular complexity index is 364. The van der Waals surface area contributed by atoms with Crippen molar-refractivity contribution in [2.24, 2.45) is 11.7 Å². The predicted octanol–water partition coefficient (Wildman–Crippen LogP) is 3.01. The molecule has 1 aliphatic rings. The average molecular weight is 258 g/mol. The monoisotopic (exact) mass is 257 g/mol. The van der Waals surface area contributed by atoms with Crippen LogP contribution >= 0.6 is 12.4 Å². The molecule has 1 aromatic carbocycles. The van der Waals surface area contributed by atoms with Gasteiger partial charge in [0.15, 0.2) is 0 Å². The summed E-state index contributed by atoms with van der Waals surface area (Å²) in [5.41, 5.74) is 7.02. The lowest BCUT2D eigenvalue weighted by molar-refractivity contribution is 0.395. The van der Waals surface area contributed by atoms with Gasteiger partial charge in [0.05, 0.1) is 7.11 Å². The number of aromatic hydroxyl groups is 1. The van der Waals surface area contributed by atoms with Gasteiger partial charge in [0, 0.05) is 11.6 Å². The lowest BCUT2D eigenvalue weighted by Gasteiger charge is -2.20. The number of phenols is 1. The molecule has 4 heteroatoms. The number of ether oxygens (including phenoxy) is 1. The van der Waals surface area contributed by atoms with Gasteiger partial charge < -0.3 is 15.6 Å². The molecule has 1 atom stereocenters. The summed E-state index contributed by atoms with van der Waals surface area (Å²) in [5, 5.41) is 9.83. The lowest BCUT2D eigenvalue weighted by atomic mass is 9.92. The minimum atomic E-state index is -0.0717. The van der Waals surface area contributed by atoms with E-state index in [0.717, 1.165) is 24.2 Å². The molecule has 1 aromatic rings. The third-order valence-corrected chi connectivity index (χ3v) is 3.50. The Kier molecular flexibility index (Phi) is 5.09. The zero-order valence-corrected chi connectivity index (χ0v) is 10.9. The van der Waals surface area contributed by atoms with E-state index in [0.29, 0.717) is 5.92 Å². The number of hydrogen-bond donors (Lipinski definition) is 2. The van der Waals surface area contributed by atoms with E-state index in [2.05, 4.69) is 0 Å². The Morgan fingerprint density at radius 1 is 1.35 bits per heavy atom. The molecule has 0 bridgehead atoms. The Morgan fingerprint density at radius 3 is 2.59 bits per heavy atom. The molecule has 96 valence electrons. The molecule has 0 aromatic heterocycles. The van der Waals surface area contributed by atoms with E-state index in [1.54, 1.807) is 19.2 Å². The van der Waals surface area contributed by atoms with Gasteiger partial charge in [-0.25, -0.2) is 0 Å². The molecule has 0 spiro atoms. The van der Waals surface area contributed by atoms with Crippen LogP contribution in [0.1, 0.15) is 37.3 Å². The molecule has 0 amide bonds. The quantitative estimate of drug-likeness (QED) is 0.875. The van der Waals surface area contributed by atoms with Gasteiger partial charge in [-0.2, -0.15) is 0 Å². The molecule has 17 heavy (non-hydrogen) atoms. The van der Waals surface area contributed by atoms with E-state index < -0.39 is 0 Å². The van der Waals surface area contributed by atoms with Crippen LogP contribution in [0.4, 0.5) is 0 Å². The number of rotatable bonds is 3. The molecule has 1 aliphatic carbocycles. The number of phenolic OH excluding ortho intramolecular Hbond substituents is 1. The zero-order valence-electron chi connectivity index (χ0n) is 10.1. The lowest BCUT2D eigenvalue weighted by Crippen LogP contribution is -2.19. The normalized spacial score (nSPS) is 17.5. The second kappa shape index (κ2) is 6.12. The van der Waals surface area contributed by atoms with Gasteiger partial charge in [-0.1, -0.05) is 12.8 Å². The molecular weight excluding hydrogens is 238 g/mol. The summed E-state index contributed by atoms with van der Waals surface area (Å²) in [6.07, 6.45) is 4.84. The van der Waals surface area contributed by atoms with Crippen LogP contribution in [0.2, 0.25) is 0 Å². The smallest absolute Gasteiger partial charge is 0.120 e. The van der Waals surface area contributed by atoms with Crippen molar-refractivity contribution in [3.63, 3.8) is 0 Å². The van der Waals surface area contributed by atoms with Crippen LogP contribution < -0.4 is 10.5 Å². The van der Waals surface area contributed by atoms with E-state index in [4.69, 9.17) is 10.5 Å². The first kappa shape index (κ1) is 14.1.